The molecule has 1 aromatic carbocycles. The van der Waals surface area contributed by atoms with Crippen LogP contribution in [0, 0.1) is 5.82 Å². The van der Waals surface area contributed by atoms with Crippen molar-refractivity contribution in [2.24, 2.45) is 0 Å². The second-order valence-corrected chi connectivity index (χ2v) is 4.24. The zero-order valence-corrected chi connectivity index (χ0v) is 9.49. The van der Waals surface area contributed by atoms with Gasteiger partial charge in [0.05, 0.1) is 0 Å². The molecule has 88 valence electrons. The number of benzene rings is 1. The molecule has 1 aromatic heterocycles. The fourth-order valence-corrected chi connectivity index (χ4v) is 2.25. The first-order chi connectivity index (χ1) is 8.34. The molecule has 0 aliphatic carbocycles. The Bertz CT molecular complexity index is 535. The molecule has 1 aliphatic heterocycles. The predicted octanol–water partition coefficient (Wildman–Crippen LogP) is 1.78. The molecule has 0 atom stereocenters. The highest BCUT2D eigenvalue weighted by molar-refractivity contribution is 5.92. The van der Waals surface area contributed by atoms with Crippen LogP contribution in [0.15, 0.2) is 30.5 Å². The van der Waals surface area contributed by atoms with E-state index in [4.69, 9.17) is 0 Å². The number of fused-ring (bicyclic) bond motifs is 1. The number of pyridine rings is 1. The lowest BCUT2D eigenvalue weighted by Crippen LogP contribution is -2.43. The van der Waals surface area contributed by atoms with Crippen LogP contribution in [0.2, 0.25) is 0 Å². The smallest absolute Gasteiger partial charge is 0.136 e. The second kappa shape index (κ2) is 4.30. The maximum atomic E-state index is 13.3. The van der Waals surface area contributed by atoms with Crippen molar-refractivity contribution >= 4 is 16.6 Å². The van der Waals surface area contributed by atoms with Gasteiger partial charge in [-0.05, 0) is 23.6 Å². The third-order valence-electron chi connectivity index (χ3n) is 3.12. The van der Waals surface area contributed by atoms with Crippen LogP contribution in [0.4, 0.5) is 10.2 Å². The summed E-state index contributed by atoms with van der Waals surface area (Å²) in [5.41, 5.74) is 0. The Morgan fingerprint density at radius 3 is 2.82 bits per heavy atom. The molecule has 2 aromatic rings. The normalized spacial score (nSPS) is 16.4. The quantitative estimate of drug-likeness (QED) is 0.811. The maximum absolute atomic E-state index is 13.3. The first-order valence-corrected chi connectivity index (χ1v) is 5.84. The number of rotatable bonds is 1. The molecular weight excluding hydrogens is 217 g/mol. The lowest BCUT2D eigenvalue weighted by atomic mass is 10.1. The highest BCUT2D eigenvalue weighted by Gasteiger charge is 2.14. The van der Waals surface area contributed by atoms with Crippen molar-refractivity contribution in [2.75, 3.05) is 31.1 Å². The van der Waals surface area contributed by atoms with E-state index in [1.165, 1.54) is 6.07 Å². The summed E-state index contributed by atoms with van der Waals surface area (Å²) in [5, 5.41) is 5.23. The largest absolute Gasteiger partial charge is 0.354 e. The van der Waals surface area contributed by atoms with Crippen LogP contribution >= 0.6 is 0 Å². The van der Waals surface area contributed by atoms with Gasteiger partial charge in [0.2, 0.25) is 0 Å². The summed E-state index contributed by atoms with van der Waals surface area (Å²) in [6, 6.07) is 6.78. The van der Waals surface area contributed by atoms with E-state index in [1.807, 2.05) is 6.07 Å². The Hall–Kier alpha value is -1.68. The Morgan fingerprint density at radius 1 is 1.18 bits per heavy atom. The lowest BCUT2D eigenvalue weighted by Gasteiger charge is -2.29. The average molecular weight is 231 g/mol. The molecule has 3 nitrogen and oxygen atoms in total. The van der Waals surface area contributed by atoms with Gasteiger partial charge in [0.1, 0.15) is 11.6 Å². The Morgan fingerprint density at radius 2 is 2.00 bits per heavy atom. The van der Waals surface area contributed by atoms with Crippen LogP contribution in [-0.4, -0.2) is 31.2 Å². The van der Waals surface area contributed by atoms with Gasteiger partial charge in [-0.3, -0.25) is 0 Å². The summed E-state index contributed by atoms with van der Waals surface area (Å²) >= 11 is 0. The molecule has 0 amide bonds. The number of aromatic nitrogens is 1. The van der Waals surface area contributed by atoms with Crippen molar-refractivity contribution in [3.05, 3.63) is 36.3 Å². The summed E-state index contributed by atoms with van der Waals surface area (Å²) in [5.74, 6) is 0.686. The second-order valence-electron chi connectivity index (χ2n) is 4.24. The molecule has 1 aliphatic rings. The molecule has 4 heteroatoms. The molecule has 0 saturated carbocycles. The number of nitrogens with zero attached hydrogens (tertiary/aromatic N) is 2. The SMILES string of the molecule is Fc1ccc2ccnc(N3CCNCC3)c2c1. The van der Waals surface area contributed by atoms with E-state index in [0.717, 1.165) is 42.8 Å². The van der Waals surface area contributed by atoms with Crippen molar-refractivity contribution in [1.82, 2.24) is 10.3 Å². The lowest BCUT2D eigenvalue weighted by molar-refractivity contribution is 0.586. The minimum absolute atomic E-state index is 0.207. The van der Waals surface area contributed by atoms with E-state index < -0.39 is 0 Å². The number of halogens is 1. The summed E-state index contributed by atoms with van der Waals surface area (Å²) in [7, 11) is 0. The highest BCUT2D eigenvalue weighted by atomic mass is 19.1. The van der Waals surface area contributed by atoms with Gasteiger partial charge in [-0.1, -0.05) is 6.07 Å². The van der Waals surface area contributed by atoms with E-state index in [2.05, 4.69) is 15.2 Å². The number of hydrogen-bond acceptors (Lipinski definition) is 3. The summed E-state index contributed by atoms with van der Waals surface area (Å²) in [6.45, 7) is 3.74. The van der Waals surface area contributed by atoms with Crippen molar-refractivity contribution in [3.63, 3.8) is 0 Å². The topological polar surface area (TPSA) is 28.2 Å². The molecular formula is C13H14FN3. The molecule has 1 fully saturated rings. The zero-order valence-electron chi connectivity index (χ0n) is 9.49. The average Bonchev–Trinajstić information content (AvgIpc) is 2.39. The van der Waals surface area contributed by atoms with Crippen molar-refractivity contribution in [2.45, 2.75) is 0 Å². The number of piperazine rings is 1. The van der Waals surface area contributed by atoms with Crippen molar-refractivity contribution < 1.29 is 4.39 Å². The zero-order chi connectivity index (χ0) is 11.7. The maximum Gasteiger partial charge on any atom is 0.136 e. The fourth-order valence-electron chi connectivity index (χ4n) is 2.25. The van der Waals surface area contributed by atoms with Crippen LogP contribution < -0.4 is 10.2 Å². The molecule has 17 heavy (non-hydrogen) atoms. The molecule has 1 saturated heterocycles. The predicted molar refractivity (Wildman–Crippen MR) is 66.8 cm³/mol. The van der Waals surface area contributed by atoms with Gasteiger partial charge in [0.25, 0.3) is 0 Å². The van der Waals surface area contributed by atoms with Crippen LogP contribution in [0.1, 0.15) is 0 Å². The van der Waals surface area contributed by atoms with E-state index in [1.54, 1.807) is 18.3 Å². The van der Waals surface area contributed by atoms with Crippen LogP contribution in [0.5, 0.6) is 0 Å². The Kier molecular flexibility index (Phi) is 2.65. The minimum atomic E-state index is -0.207. The molecule has 0 spiro atoms. The standard InChI is InChI=1S/C13H14FN3/c14-11-2-1-10-3-4-16-13(12(10)9-11)17-7-5-15-6-8-17/h1-4,9,15H,5-8H2. The number of anilines is 1. The summed E-state index contributed by atoms with van der Waals surface area (Å²) in [4.78, 5) is 6.61. The monoisotopic (exact) mass is 231 g/mol. The van der Waals surface area contributed by atoms with E-state index in [0.29, 0.717) is 0 Å². The van der Waals surface area contributed by atoms with Crippen LogP contribution in [-0.2, 0) is 0 Å². The summed E-state index contributed by atoms with van der Waals surface area (Å²) < 4.78 is 13.3. The van der Waals surface area contributed by atoms with Gasteiger partial charge >= 0.3 is 0 Å². The highest BCUT2D eigenvalue weighted by Crippen LogP contribution is 2.25. The molecule has 0 bridgehead atoms. The molecule has 0 unspecified atom stereocenters. The van der Waals surface area contributed by atoms with Gasteiger partial charge in [0.15, 0.2) is 0 Å². The van der Waals surface area contributed by atoms with E-state index >= 15 is 0 Å². The van der Waals surface area contributed by atoms with Crippen molar-refractivity contribution in [1.29, 1.82) is 0 Å². The van der Waals surface area contributed by atoms with Gasteiger partial charge in [-0.2, -0.15) is 0 Å². The van der Waals surface area contributed by atoms with Gasteiger partial charge in [-0.15, -0.1) is 0 Å². The minimum Gasteiger partial charge on any atom is -0.354 e. The number of nitrogens with one attached hydrogen (secondary N) is 1. The fraction of sp³-hybridized carbons (Fsp3) is 0.308. The molecule has 0 radical (unpaired) electrons. The first-order valence-electron chi connectivity index (χ1n) is 5.84. The Balaban J connectivity index is 2.11. The van der Waals surface area contributed by atoms with Crippen LogP contribution in [0.25, 0.3) is 10.8 Å². The summed E-state index contributed by atoms with van der Waals surface area (Å²) in [6.07, 6.45) is 1.79. The molecule has 2 heterocycles. The first kappa shape index (κ1) is 10.5. The Labute approximate surface area is 99.3 Å². The third-order valence-corrected chi connectivity index (χ3v) is 3.12. The third kappa shape index (κ3) is 1.96. The van der Waals surface area contributed by atoms with Gasteiger partial charge < -0.3 is 10.2 Å². The van der Waals surface area contributed by atoms with Crippen molar-refractivity contribution in [3.8, 4) is 0 Å². The number of hydrogen-bond donors (Lipinski definition) is 1. The van der Waals surface area contributed by atoms with E-state index in [-0.39, 0.29) is 5.82 Å². The van der Waals surface area contributed by atoms with Gasteiger partial charge in [-0.25, -0.2) is 9.37 Å². The molecule has 1 N–H and O–H groups in total. The van der Waals surface area contributed by atoms with E-state index in [9.17, 15) is 4.39 Å². The van der Waals surface area contributed by atoms with Gasteiger partial charge in [0, 0.05) is 37.8 Å². The molecule has 3 rings (SSSR count). The van der Waals surface area contributed by atoms with Crippen LogP contribution in [0.3, 0.4) is 0 Å².